The number of nitrogens with one attached hydrogen (secondary N) is 1. The highest BCUT2D eigenvalue weighted by atomic mass is 32.2. The lowest BCUT2D eigenvalue weighted by molar-refractivity contribution is -0.114. The normalized spacial score (nSPS) is 11.9. The molecule has 134 valence electrons. The molecular weight excluding hydrogens is 358 g/mol. The zero-order chi connectivity index (χ0) is 18.6. The summed E-state index contributed by atoms with van der Waals surface area (Å²) in [7, 11) is -4.17. The fourth-order valence-electron chi connectivity index (χ4n) is 2.06. The number of alkyl halides is 2. The van der Waals surface area contributed by atoms with Gasteiger partial charge in [0.05, 0.1) is 0 Å². The van der Waals surface area contributed by atoms with Gasteiger partial charge in [-0.05, 0) is 26.0 Å². The molecule has 1 amide bonds. The van der Waals surface area contributed by atoms with E-state index in [0.717, 1.165) is 12.2 Å². The van der Waals surface area contributed by atoms with Gasteiger partial charge in [0, 0.05) is 11.6 Å². The zero-order valence-corrected chi connectivity index (χ0v) is 14.0. The Morgan fingerprint density at radius 3 is 2.60 bits per heavy atom. The number of halogens is 2. The summed E-state index contributed by atoms with van der Waals surface area (Å²) in [6.07, 6.45) is 2.05. The molecule has 1 aromatic carbocycles. The van der Waals surface area contributed by atoms with Crippen molar-refractivity contribution in [1.82, 2.24) is 9.88 Å². The maximum atomic E-state index is 12.3. The second kappa shape index (κ2) is 7.43. The molecule has 0 aliphatic carbocycles. The first-order valence-electron chi connectivity index (χ1n) is 6.92. The number of benzene rings is 1. The van der Waals surface area contributed by atoms with E-state index in [0.29, 0.717) is 0 Å². The second-order valence-corrected chi connectivity index (χ2v) is 6.49. The van der Waals surface area contributed by atoms with Crippen molar-refractivity contribution >= 4 is 22.0 Å². The van der Waals surface area contributed by atoms with Crippen molar-refractivity contribution in [2.75, 3.05) is 0 Å². The third-order valence-corrected chi connectivity index (χ3v) is 4.61. The first-order chi connectivity index (χ1) is 11.7. The highest BCUT2D eigenvalue weighted by Gasteiger charge is 2.25. The van der Waals surface area contributed by atoms with Gasteiger partial charge in [0.1, 0.15) is 11.4 Å². The first-order valence-corrected chi connectivity index (χ1v) is 8.40. The molecule has 2 aromatic rings. The van der Waals surface area contributed by atoms with Crippen LogP contribution in [-0.2, 0) is 14.8 Å². The molecule has 1 heterocycles. The van der Waals surface area contributed by atoms with Crippen molar-refractivity contribution < 1.29 is 31.3 Å². The van der Waals surface area contributed by atoms with E-state index in [9.17, 15) is 22.0 Å². The highest BCUT2D eigenvalue weighted by molar-refractivity contribution is 7.90. The zero-order valence-electron chi connectivity index (χ0n) is 13.2. The average Bonchev–Trinajstić information content (AvgIpc) is 2.85. The van der Waals surface area contributed by atoms with E-state index < -0.39 is 22.5 Å². The molecule has 0 aliphatic rings. The summed E-state index contributed by atoms with van der Waals surface area (Å²) in [6, 6.07) is 5.77. The molecule has 0 unspecified atom stereocenters. The molecular formula is C15H14F2N2O5S. The van der Waals surface area contributed by atoms with Gasteiger partial charge in [-0.15, -0.1) is 0 Å². The number of aromatic nitrogens is 1. The minimum Gasteiger partial charge on any atom is -0.434 e. The number of carbonyl (C=O) groups excluding carboxylic acids is 1. The van der Waals surface area contributed by atoms with Gasteiger partial charge in [-0.3, -0.25) is 4.79 Å². The van der Waals surface area contributed by atoms with Crippen LogP contribution in [0.2, 0.25) is 0 Å². The van der Waals surface area contributed by atoms with Crippen LogP contribution in [0.15, 0.2) is 39.8 Å². The Kier molecular flexibility index (Phi) is 5.52. The monoisotopic (exact) mass is 372 g/mol. The van der Waals surface area contributed by atoms with E-state index in [1.54, 1.807) is 6.07 Å². The number of sulfonamides is 1. The molecule has 10 heteroatoms. The molecule has 0 atom stereocenters. The Balaban J connectivity index is 2.17. The number of amides is 1. The van der Waals surface area contributed by atoms with Crippen LogP contribution in [0.25, 0.3) is 6.08 Å². The fourth-order valence-corrected chi connectivity index (χ4v) is 3.34. The van der Waals surface area contributed by atoms with Crippen LogP contribution in [-0.4, -0.2) is 26.1 Å². The van der Waals surface area contributed by atoms with Crippen molar-refractivity contribution in [3.8, 4) is 5.75 Å². The predicted octanol–water partition coefficient (Wildman–Crippen LogP) is 2.41. The van der Waals surface area contributed by atoms with E-state index in [1.165, 1.54) is 32.0 Å². The van der Waals surface area contributed by atoms with E-state index in [1.807, 2.05) is 4.72 Å². The smallest absolute Gasteiger partial charge is 0.387 e. The summed E-state index contributed by atoms with van der Waals surface area (Å²) >= 11 is 0. The molecule has 7 nitrogen and oxygen atoms in total. The molecule has 0 radical (unpaired) electrons. The van der Waals surface area contributed by atoms with Crippen LogP contribution >= 0.6 is 0 Å². The molecule has 0 bridgehead atoms. The number of aryl methyl sites for hydroxylation is 2. The van der Waals surface area contributed by atoms with Crippen molar-refractivity contribution in [3.05, 3.63) is 47.4 Å². The summed E-state index contributed by atoms with van der Waals surface area (Å²) in [5, 5.41) is 3.51. The predicted molar refractivity (Wildman–Crippen MR) is 83.4 cm³/mol. The number of para-hydroxylation sites is 1. The third-order valence-electron chi connectivity index (χ3n) is 3.02. The van der Waals surface area contributed by atoms with E-state index in [2.05, 4.69) is 9.89 Å². The summed E-state index contributed by atoms with van der Waals surface area (Å²) in [4.78, 5) is 11.6. The molecule has 0 spiro atoms. The Morgan fingerprint density at radius 1 is 1.32 bits per heavy atom. The van der Waals surface area contributed by atoms with Crippen molar-refractivity contribution in [2.24, 2.45) is 0 Å². The molecule has 0 aliphatic heterocycles. The van der Waals surface area contributed by atoms with Gasteiger partial charge >= 0.3 is 6.61 Å². The van der Waals surface area contributed by atoms with Crippen molar-refractivity contribution in [3.63, 3.8) is 0 Å². The lowest BCUT2D eigenvalue weighted by atomic mass is 10.2. The van der Waals surface area contributed by atoms with Crippen LogP contribution in [0.5, 0.6) is 5.75 Å². The highest BCUT2D eigenvalue weighted by Crippen LogP contribution is 2.22. The van der Waals surface area contributed by atoms with Crippen molar-refractivity contribution in [2.45, 2.75) is 25.4 Å². The van der Waals surface area contributed by atoms with Crippen molar-refractivity contribution in [1.29, 1.82) is 0 Å². The largest absolute Gasteiger partial charge is 0.434 e. The van der Waals surface area contributed by atoms with Gasteiger partial charge in [0.2, 0.25) is 0 Å². The van der Waals surface area contributed by atoms with Gasteiger partial charge in [-0.2, -0.15) is 8.78 Å². The number of rotatable bonds is 6. The van der Waals surface area contributed by atoms with Crippen LogP contribution < -0.4 is 9.46 Å². The number of nitrogens with zero attached hydrogens (tertiary/aromatic N) is 1. The van der Waals surface area contributed by atoms with E-state index in [-0.39, 0.29) is 27.7 Å². The fraction of sp³-hybridized carbons (Fsp3) is 0.200. The molecule has 2 rings (SSSR count). The van der Waals surface area contributed by atoms with Gasteiger partial charge in [0.25, 0.3) is 15.9 Å². The summed E-state index contributed by atoms with van der Waals surface area (Å²) in [5.41, 5.74) is 0.296. The van der Waals surface area contributed by atoms with Crippen LogP contribution in [0.1, 0.15) is 17.0 Å². The van der Waals surface area contributed by atoms with Gasteiger partial charge in [0.15, 0.2) is 10.7 Å². The lowest BCUT2D eigenvalue weighted by Gasteiger charge is -2.07. The molecule has 0 saturated heterocycles. The Bertz CT molecular complexity index is 887. The SMILES string of the molecule is Cc1noc(C)c1S(=O)(=O)NC(=O)C=Cc1ccccc1OC(F)F. The Hall–Kier alpha value is -2.75. The summed E-state index contributed by atoms with van der Waals surface area (Å²) in [5.74, 6) is -1.07. The Morgan fingerprint density at radius 2 is 2.00 bits per heavy atom. The summed E-state index contributed by atoms with van der Waals surface area (Å²) < 4.78 is 59.9. The number of carbonyl (C=O) groups is 1. The standard InChI is InChI=1S/C15H14F2N2O5S/c1-9-14(10(2)24-18-9)25(21,22)19-13(20)8-7-11-5-3-4-6-12(11)23-15(16)17/h3-8,15H,1-2H3,(H,19,20). The number of hydrogen-bond acceptors (Lipinski definition) is 6. The van der Waals surface area contributed by atoms with Crippen LogP contribution in [0.3, 0.4) is 0 Å². The van der Waals surface area contributed by atoms with Gasteiger partial charge in [-0.1, -0.05) is 23.4 Å². The molecule has 0 saturated carbocycles. The molecule has 25 heavy (non-hydrogen) atoms. The lowest BCUT2D eigenvalue weighted by Crippen LogP contribution is -2.29. The molecule has 1 N–H and O–H groups in total. The quantitative estimate of drug-likeness (QED) is 0.782. The second-order valence-electron chi connectivity index (χ2n) is 4.87. The van der Waals surface area contributed by atoms with Crippen LogP contribution in [0, 0.1) is 13.8 Å². The average molecular weight is 372 g/mol. The third kappa shape index (κ3) is 4.63. The van der Waals surface area contributed by atoms with Gasteiger partial charge in [-0.25, -0.2) is 13.1 Å². The molecule has 1 aromatic heterocycles. The van der Waals surface area contributed by atoms with Crippen LogP contribution in [0.4, 0.5) is 8.78 Å². The summed E-state index contributed by atoms with van der Waals surface area (Å²) in [6.45, 7) is -0.209. The number of ether oxygens (including phenoxy) is 1. The first kappa shape index (κ1) is 18.6. The van der Waals surface area contributed by atoms with E-state index in [4.69, 9.17) is 4.52 Å². The number of hydrogen-bond donors (Lipinski definition) is 1. The minimum atomic E-state index is -4.17. The minimum absolute atomic E-state index is 0.0393. The maximum Gasteiger partial charge on any atom is 0.387 e. The van der Waals surface area contributed by atoms with Gasteiger partial charge < -0.3 is 9.26 Å². The topological polar surface area (TPSA) is 98.5 Å². The Labute approximate surface area is 142 Å². The van der Waals surface area contributed by atoms with E-state index >= 15 is 0 Å². The molecule has 0 fully saturated rings. The maximum absolute atomic E-state index is 12.3.